The van der Waals surface area contributed by atoms with E-state index in [1.54, 1.807) is 0 Å². The predicted molar refractivity (Wildman–Crippen MR) is 64.8 cm³/mol. The fraction of sp³-hybridized carbons (Fsp3) is 0.286. The van der Waals surface area contributed by atoms with Crippen molar-refractivity contribution in [3.05, 3.63) is 55.8 Å². The molecular formula is C14H14CrN2O3. The third-order valence-electron chi connectivity index (χ3n) is 1.90. The number of hydrogen-bond acceptors (Lipinski definition) is 2. The van der Waals surface area contributed by atoms with Crippen molar-refractivity contribution in [3.8, 4) is 6.07 Å². The second-order valence-corrected chi connectivity index (χ2v) is 3.13. The van der Waals surface area contributed by atoms with Gasteiger partial charge in [0.2, 0.25) is 0 Å². The minimum Gasteiger partial charge on any atom is 0 e. The van der Waals surface area contributed by atoms with Crippen molar-refractivity contribution in [2.24, 2.45) is 0 Å². The van der Waals surface area contributed by atoms with E-state index in [0.717, 1.165) is 13.1 Å². The molecule has 0 spiro atoms. The second-order valence-electron chi connectivity index (χ2n) is 3.13. The Kier molecular flexibility index (Phi) is 35.1. The zero-order valence-corrected chi connectivity index (χ0v) is 12.3. The van der Waals surface area contributed by atoms with Crippen LogP contribution >= 0.6 is 0 Å². The molecule has 0 aliphatic rings. The van der Waals surface area contributed by atoms with E-state index < -0.39 is 0 Å². The van der Waals surface area contributed by atoms with Crippen LogP contribution in [0.5, 0.6) is 0 Å². The second kappa shape index (κ2) is 26.1. The van der Waals surface area contributed by atoms with Crippen molar-refractivity contribution in [1.29, 1.82) is 5.26 Å². The van der Waals surface area contributed by atoms with Gasteiger partial charge in [0.15, 0.2) is 0 Å². The van der Waals surface area contributed by atoms with E-state index >= 15 is 0 Å². The van der Waals surface area contributed by atoms with Crippen LogP contribution in [0.4, 0.5) is 0 Å². The molecule has 0 heterocycles. The van der Waals surface area contributed by atoms with Crippen LogP contribution in [0.15, 0.2) is 30.3 Å². The van der Waals surface area contributed by atoms with E-state index in [0.29, 0.717) is 6.42 Å². The smallest absolute Gasteiger partial charge is 0 e. The summed E-state index contributed by atoms with van der Waals surface area (Å²) < 4.78 is 22.5. The zero-order valence-electron chi connectivity index (χ0n) is 11.0. The third-order valence-corrected chi connectivity index (χ3v) is 1.90. The van der Waals surface area contributed by atoms with Gasteiger partial charge in [0, 0.05) is 36.9 Å². The normalized spacial score (nSPS) is 6.75. The molecule has 0 amide bonds. The summed E-state index contributed by atoms with van der Waals surface area (Å²) in [5, 5.41) is 8.40. The molecule has 5 nitrogen and oxygen atoms in total. The molecule has 0 radical (unpaired) electrons. The van der Waals surface area contributed by atoms with E-state index in [-0.39, 0.29) is 17.4 Å². The molecule has 0 saturated carbocycles. The average molecular weight is 310 g/mol. The molecule has 0 bridgehead atoms. The first kappa shape index (κ1) is 26.9. The first-order valence-electron chi connectivity index (χ1n) is 5.03. The van der Waals surface area contributed by atoms with Crippen LogP contribution in [0.2, 0.25) is 0 Å². The van der Waals surface area contributed by atoms with Gasteiger partial charge in [-0.1, -0.05) is 30.3 Å². The Bertz CT molecular complexity index is 382. The summed E-state index contributed by atoms with van der Waals surface area (Å²) in [7, 11) is 2.03. The maximum Gasteiger partial charge on any atom is 0 e. The fourth-order valence-corrected chi connectivity index (χ4v) is 1.22. The molecule has 0 unspecified atom stereocenters. The molecule has 0 aromatic heterocycles. The summed E-state index contributed by atoms with van der Waals surface area (Å²) in [5.74, 6) is 0. The van der Waals surface area contributed by atoms with E-state index in [2.05, 4.69) is 43.1 Å². The van der Waals surface area contributed by atoms with E-state index in [1.807, 2.05) is 25.2 Å². The molecule has 0 fully saturated rings. The number of hydrogen-bond donors (Lipinski definition) is 0. The number of benzene rings is 1. The summed E-state index contributed by atoms with van der Waals surface area (Å²) in [6.07, 6.45) is 0.601. The quantitative estimate of drug-likeness (QED) is 0.628. The van der Waals surface area contributed by atoms with Gasteiger partial charge in [-0.05, 0) is 12.6 Å². The molecule has 0 saturated heterocycles. The summed E-state index contributed by atoms with van der Waals surface area (Å²) >= 11 is 0. The molecule has 1 aromatic carbocycles. The molecule has 1 rings (SSSR count). The van der Waals surface area contributed by atoms with Crippen LogP contribution in [-0.2, 0) is 37.9 Å². The fourth-order valence-electron chi connectivity index (χ4n) is 1.22. The molecule has 0 atom stereocenters. The Balaban J connectivity index is -0.000000162. The van der Waals surface area contributed by atoms with Gasteiger partial charge in [0.1, 0.15) is 0 Å². The van der Waals surface area contributed by atoms with Gasteiger partial charge in [-0.15, -0.1) is 0 Å². The van der Waals surface area contributed by atoms with E-state index in [4.69, 9.17) is 19.2 Å². The van der Waals surface area contributed by atoms with Crippen LogP contribution in [0.1, 0.15) is 12.0 Å². The first-order valence-corrected chi connectivity index (χ1v) is 5.03. The van der Waals surface area contributed by atoms with Gasteiger partial charge >= 0.3 is 33.9 Å². The Hall–Kier alpha value is -1.58. The summed E-state index contributed by atoms with van der Waals surface area (Å²) in [6, 6.07) is 12.4. The van der Waals surface area contributed by atoms with E-state index in [9.17, 15) is 0 Å². The van der Waals surface area contributed by atoms with Gasteiger partial charge < -0.3 is 4.90 Å². The maximum absolute atomic E-state index is 8.40. The summed E-state index contributed by atoms with van der Waals surface area (Å²) in [6.45, 7) is 15.3. The van der Waals surface area contributed by atoms with Crippen LogP contribution in [0.25, 0.3) is 0 Å². The molecule has 6 heteroatoms. The van der Waals surface area contributed by atoms with Crippen molar-refractivity contribution >= 4 is 0 Å². The molecule has 0 aliphatic carbocycles. The molecular weight excluding hydrogens is 296 g/mol. The maximum atomic E-state index is 8.40. The standard InChI is InChI=1S/C11H14N2.3CO.Cr/c1-13(9-5-8-12)10-11-6-3-2-4-7-11;3*1-2;/h2-4,6-7H,5,9-10H2,1H3;;;;. The van der Waals surface area contributed by atoms with Crippen molar-refractivity contribution in [2.75, 3.05) is 13.6 Å². The Morgan fingerprint density at radius 2 is 1.50 bits per heavy atom. The number of nitrogens with zero attached hydrogens (tertiary/aromatic N) is 2. The predicted octanol–water partition coefficient (Wildman–Crippen LogP) is 1.92. The average Bonchev–Trinajstić information content (AvgIpc) is 2.52. The Morgan fingerprint density at radius 3 is 1.90 bits per heavy atom. The van der Waals surface area contributed by atoms with Crippen LogP contribution in [0.3, 0.4) is 0 Å². The first-order chi connectivity index (χ1) is 9.33. The van der Waals surface area contributed by atoms with Crippen molar-refractivity contribution < 1.29 is 31.3 Å². The molecule has 0 N–H and O–H groups in total. The topological polar surface area (TPSA) is 86.7 Å². The van der Waals surface area contributed by atoms with Gasteiger partial charge in [-0.2, -0.15) is 5.26 Å². The molecule has 104 valence electrons. The van der Waals surface area contributed by atoms with Crippen molar-refractivity contribution in [3.63, 3.8) is 0 Å². The largest absolute Gasteiger partial charge is 0 e. The van der Waals surface area contributed by atoms with Crippen LogP contribution in [-0.4, -0.2) is 18.5 Å². The molecule has 0 aliphatic heterocycles. The van der Waals surface area contributed by atoms with Gasteiger partial charge in [0.05, 0.1) is 6.07 Å². The van der Waals surface area contributed by atoms with E-state index in [1.165, 1.54) is 5.56 Å². The van der Waals surface area contributed by atoms with Crippen LogP contribution < -0.4 is 0 Å². The number of rotatable bonds is 4. The summed E-state index contributed by atoms with van der Waals surface area (Å²) in [5.41, 5.74) is 1.29. The monoisotopic (exact) mass is 310 g/mol. The van der Waals surface area contributed by atoms with Crippen molar-refractivity contribution in [1.82, 2.24) is 4.90 Å². The Labute approximate surface area is 130 Å². The van der Waals surface area contributed by atoms with Gasteiger partial charge in [-0.3, -0.25) is 0 Å². The SMILES string of the molecule is CN(CCC#N)Cc1ccccc1.[C-]#[O+].[C-]#[O+].[C-]#[O+].[Cr]. The summed E-state index contributed by atoms with van der Waals surface area (Å²) in [4.78, 5) is 2.15. The van der Waals surface area contributed by atoms with Crippen LogP contribution in [0, 0.1) is 31.3 Å². The van der Waals surface area contributed by atoms with Gasteiger partial charge in [-0.25, -0.2) is 0 Å². The van der Waals surface area contributed by atoms with Crippen molar-refractivity contribution in [2.45, 2.75) is 13.0 Å². The number of nitriles is 1. The minimum atomic E-state index is 0. The zero-order chi connectivity index (χ0) is 15.5. The third kappa shape index (κ3) is 18.8. The minimum absolute atomic E-state index is 0. The van der Waals surface area contributed by atoms with Gasteiger partial charge in [0.25, 0.3) is 0 Å². The molecule has 20 heavy (non-hydrogen) atoms. The molecule has 1 aromatic rings. The Morgan fingerprint density at radius 1 is 1.05 bits per heavy atom.